The van der Waals surface area contributed by atoms with Gasteiger partial charge in [0.15, 0.2) is 0 Å². The summed E-state index contributed by atoms with van der Waals surface area (Å²) in [4.78, 5) is 18.3. The maximum absolute atomic E-state index is 13.7. The van der Waals surface area contributed by atoms with Gasteiger partial charge in [0.1, 0.15) is 0 Å². The predicted molar refractivity (Wildman–Crippen MR) is 148 cm³/mol. The molecule has 9 heteroatoms. The number of benzene rings is 2. The number of rotatable bonds is 8. The van der Waals surface area contributed by atoms with Crippen molar-refractivity contribution in [1.82, 2.24) is 34.7 Å². The summed E-state index contributed by atoms with van der Waals surface area (Å²) in [5, 5.41) is 14.4. The van der Waals surface area contributed by atoms with E-state index in [0.717, 1.165) is 56.6 Å². The van der Waals surface area contributed by atoms with Gasteiger partial charge in [-0.3, -0.25) is 14.1 Å². The van der Waals surface area contributed by atoms with E-state index in [9.17, 15) is 4.79 Å². The van der Waals surface area contributed by atoms with E-state index in [1.807, 2.05) is 59.3 Å². The Balaban J connectivity index is 1.51. The number of nitrogens with one attached hydrogen (secondary N) is 1. The van der Waals surface area contributed by atoms with Crippen LogP contribution < -0.4 is 5.69 Å². The van der Waals surface area contributed by atoms with Gasteiger partial charge in [0.05, 0.1) is 17.9 Å². The van der Waals surface area contributed by atoms with Crippen LogP contribution in [0.5, 0.6) is 0 Å². The molecule has 3 aromatic heterocycles. The first-order valence-corrected chi connectivity index (χ1v) is 13.1. The Labute approximate surface area is 223 Å². The zero-order valence-corrected chi connectivity index (χ0v) is 22.6. The lowest BCUT2D eigenvalue weighted by molar-refractivity contribution is 0.690. The Morgan fingerprint density at radius 1 is 1.05 bits per heavy atom. The summed E-state index contributed by atoms with van der Waals surface area (Å²) in [5.41, 5.74) is 6.59. The highest BCUT2D eigenvalue weighted by molar-refractivity contribution is 9.10. The summed E-state index contributed by atoms with van der Waals surface area (Å²) in [6, 6.07) is 18.0. The second-order valence-electron chi connectivity index (χ2n) is 9.27. The fourth-order valence-corrected chi connectivity index (χ4v) is 5.18. The first-order valence-electron chi connectivity index (χ1n) is 12.4. The Morgan fingerprint density at radius 2 is 1.86 bits per heavy atom. The monoisotopic (exact) mass is 557 g/mol. The number of H-pyrrole nitrogens is 1. The summed E-state index contributed by atoms with van der Waals surface area (Å²) in [6.45, 7) is 6.91. The largest absolute Gasteiger partial charge is 0.333 e. The molecule has 0 atom stereocenters. The first kappa shape index (κ1) is 24.8. The first-order chi connectivity index (χ1) is 18.0. The molecule has 0 fully saturated rings. The molecule has 0 aliphatic heterocycles. The van der Waals surface area contributed by atoms with Gasteiger partial charge in [-0.1, -0.05) is 63.6 Å². The van der Waals surface area contributed by atoms with E-state index < -0.39 is 0 Å². The fourth-order valence-electron chi connectivity index (χ4n) is 4.61. The van der Waals surface area contributed by atoms with E-state index in [1.165, 1.54) is 0 Å². The molecule has 3 heterocycles. The average Bonchev–Trinajstić information content (AvgIpc) is 3.54. The van der Waals surface area contributed by atoms with Crippen molar-refractivity contribution >= 4 is 15.9 Å². The summed E-state index contributed by atoms with van der Waals surface area (Å²) < 4.78 is 4.59. The van der Waals surface area contributed by atoms with Crippen molar-refractivity contribution in [2.45, 2.75) is 46.1 Å². The second-order valence-corrected chi connectivity index (χ2v) is 10.1. The Bertz CT molecular complexity index is 1570. The number of tetrazole rings is 1. The molecule has 8 nitrogen and oxygen atoms in total. The van der Waals surface area contributed by atoms with E-state index in [2.05, 4.69) is 68.4 Å². The van der Waals surface area contributed by atoms with E-state index in [-0.39, 0.29) is 11.6 Å². The molecule has 37 heavy (non-hydrogen) atoms. The molecule has 0 unspecified atom stereocenters. The molecule has 0 aliphatic rings. The normalized spacial score (nSPS) is 11.4. The third kappa shape index (κ3) is 4.91. The smallest absolute Gasteiger partial charge is 0.292 e. The van der Waals surface area contributed by atoms with E-state index in [4.69, 9.17) is 0 Å². The van der Waals surface area contributed by atoms with Crippen LogP contribution in [0, 0.1) is 0 Å². The quantitative estimate of drug-likeness (QED) is 0.261. The molecule has 1 N–H and O–H groups in total. The minimum Gasteiger partial charge on any atom is -0.292 e. The van der Waals surface area contributed by atoms with Gasteiger partial charge in [0.25, 0.3) is 0 Å². The molecule has 5 aromatic rings. The van der Waals surface area contributed by atoms with Gasteiger partial charge in [-0.25, -0.2) is 4.79 Å². The second kappa shape index (κ2) is 10.6. The van der Waals surface area contributed by atoms with Crippen molar-refractivity contribution in [3.8, 4) is 28.3 Å². The standard InChI is InChI=1S/C28H28BrN7O/c1-4-7-21-17-36(26-22(18(2)3)8-5-10-24(26)29)28(37)35(21)16-19-11-13-20(14-12-19)25-23(9-6-15-30-25)27-31-33-34-32-27/h5-6,8-15,17-18H,4,7,16H2,1-3H3,(H,31,32,33,34). The third-order valence-electron chi connectivity index (χ3n) is 6.41. The Hall–Kier alpha value is -3.85. The molecule has 0 aliphatic carbocycles. The maximum Gasteiger partial charge on any atom is 0.333 e. The van der Waals surface area contributed by atoms with Crippen LogP contribution in [0.25, 0.3) is 28.3 Å². The number of nitrogens with zero attached hydrogens (tertiary/aromatic N) is 6. The number of aromatic amines is 1. The molecule has 0 amide bonds. The van der Waals surface area contributed by atoms with Gasteiger partial charge >= 0.3 is 5.69 Å². The van der Waals surface area contributed by atoms with Crippen LogP contribution in [-0.2, 0) is 13.0 Å². The predicted octanol–water partition coefficient (Wildman–Crippen LogP) is 5.77. The molecule has 5 rings (SSSR count). The van der Waals surface area contributed by atoms with Crippen LogP contribution in [0.2, 0.25) is 0 Å². The minimum absolute atomic E-state index is 0.0366. The van der Waals surface area contributed by atoms with E-state index >= 15 is 0 Å². The number of aryl methyl sites for hydroxylation is 1. The molecule has 0 saturated carbocycles. The number of imidazole rings is 1. The number of aromatic nitrogens is 7. The van der Waals surface area contributed by atoms with Crippen LogP contribution in [0.3, 0.4) is 0 Å². The summed E-state index contributed by atoms with van der Waals surface area (Å²) >= 11 is 3.69. The van der Waals surface area contributed by atoms with Gasteiger partial charge < -0.3 is 0 Å². The molecule has 0 bridgehead atoms. The van der Waals surface area contributed by atoms with Crippen LogP contribution >= 0.6 is 15.9 Å². The highest BCUT2D eigenvalue weighted by Gasteiger charge is 2.19. The topological polar surface area (TPSA) is 94.3 Å². The molecule has 0 saturated heterocycles. The summed E-state index contributed by atoms with van der Waals surface area (Å²) in [6.07, 6.45) is 5.52. The van der Waals surface area contributed by atoms with E-state index in [0.29, 0.717) is 12.4 Å². The fraction of sp³-hybridized carbons (Fsp3) is 0.250. The van der Waals surface area contributed by atoms with Crippen LogP contribution in [0.4, 0.5) is 0 Å². The number of pyridine rings is 1. The molecule has 0 radical (unpaired) electrons. The van der Waals surface area contributed by atoms with Crippen LogP contribution in [0.15, 0.2) is 76.3 Å². The minimum atomic E-state index is -0.0366. The lowest BCUT2D eigenvalue weighted by Gasteiger charge is -2.14. The third-order valence-corrected chi connectivity index (χ3v) is 7.05. The molecular formula is C28H28BrN7O. The van der Waals surface area contributed by atoms with Crippen molar-refractivity contribution in [3.63, 3.8) is 0 Å². The Morgan fingerprint density at radius 3 is 2.57 bits per heavy atom. The molecular weight excluding hydrogens is 530 g/mol. The van der Waals surface area contributed by atoms with Crippen molar-refractivity contribution in [1.29, 1.82) is 0 Å². The Kier molecular flexibility index (Phi) is 7.14. The number of hydrogen-bond donors (Lipinski definition) is 1. The van der Waals surface area contributed by atoms with E-state index in [1.54, 1.807) is 10.8 Å². The highest BCUT2D eigenvalue weighted by atomic mass is 79.9. The number of hydrogen-bond acceptors (Lipinski definition) is 5. The van der Waals surface area contributed by atoms with Gasteiger partial charge in [0, 0.05) is 33.7 Å². The maximum atomic E-state index is 13.7. The zero-order valence-electron chi connectivity index (χ0n) is 21.0. The van der Waals surface area contributed by atoms with Gasteiger partial charge in [-0.2, -0.15) is 5.21 Å². The highest BCUT2D eigenvalue weighted by Crippen LogP contribution is 2.30. The van der Waals surface area contributed by atoms with Gasteiger partial charge in [-0.15, -0.1) is 10.2 Å². The summed E-state index contributed by atoms with van der Waals surface area (Å²) in [7, 11) is 0. The lowest BCUT2D eigenvalue weighted by Crippen LogP contribution is -2.25. The number of halogens is 1. The lowest BCUT2D eigenvalue weighted by atomic mass is 10.0. The number of para-hydroxylation sites is 1. The SMILES string of the molecule is CCCc1cn(-c2c(Br)cccc2C(C)C)c(=O)n1Cc1ccc(-c2ncccc2-c2nn[nH]n2)cc1. The van der Waals surface area contributed by atoms with Crippen molar-refractivity contribution < 1.29 is 0 Å². The van der Waals surface area contributed by atoms with Gasteiger partial charge in [0.2, 0.25) is 5.82 Å². The summed E-state index contributed by atoms with van der Waals surface area (Å²) in [5.74, 6) is 0.783. The average molecular weight is 558 g/mol. The van der Waals surface area contributed by atoms with Crippen molar-refractivity contribution in [2.24, 2.45) is 0 Å². The molecule has 188 valence electrons. The van der Waals surface area contributed by atoms with Crippen LogP contribution in [0.1, 0.15) is 49.9 Å². The van der Waals surface area contributed by atoms with Crippen molar-refractivity contribution in [2.75, 3.05) is 0 Å². The molecule has 0 spiro atoms. The van der Waals surface area contributed by atoms with Crippen molar-refractivity contribution in [3.05, 3.63) is 98.8 Å². The van der Waals surface area contributed by atoms with Gasteiger partial charge in [-0.05, 0) is 62.8 Å². The zero-order chi connectivity index (χ0) is 25.9. The van der Waals surface area contributed by atoms with Crippen LogP contribution in [-0.4, -0.2) is 34.7 Å². The molecule has 2 aromatic carbocycles.